The van der Waals surface area contributed by atoms with E-state index in [9.17, 15) is 9.18 Å². The maximum absolute atomic E-state index is 13.4. The molecule has 1 saturated carbocycles. The van der Waals surface area contributed by atoms with Crippen molar-refractivity contribution in [2.45, 2.75) is 12.6 Å². The Labute approximate surface area is 260 Å². The molecule has 2 unspecified atom stereocenters. The number of piperidine rings is 1. The SMILES string of the molecule is COc1cc(-c2c(C#CC3[C@H]4CN(C(=O)/C=C/CN5CCC(F)C5)C[C@@H]34)n(C)c3ncnc(N)c23)ccc1Oc1ccccn1. The van der Waals surface area contributed by atoms with Crippen molar-refractivity contribution in [2.24, 2.45) is 24.8 Å². The fourth-order valence-corrected chi connectivity index (χ4v) is 6.56. The zero-order valence-electron chi connectivity index (χ0n) is 25.2. The Morgan fingerprint density at radius 3 is 2.71 bits per heavy atom. The van der Waals surface area contributed by atoms with Crippen molar-refractivity contribution >= 4 is 22.8 Å². The molecule has 2 saturated heterocycles. The monoisotopic (exact) mass is 607 g/mol. The molecule has 0 spiro atoms. The normalized spacial score (nSPS) is 22.4. The van der Waals surface area contributed by atoms with E-state index in [1.807, 2.05) is 57.8 Å². The molecule has 45 heavy (non-hydrogen) atoms. The second-order valence-corrected chi connectivity index (χ2v) is 11.8. The van der Waals surface area contributed by atoms with Crippen molar-refractivity contribution in [3.63, 3.8) is 0 Å². The van der Waals surface area contributed by atoms with Gasteiger partial charge in [0.05, 0.1) is 12.5 Å². The number of anilines is 1. The van der Waals surface area contributed by atoms with E-state index in [4.69, 9.17) is 15.2 Å². The predicted molar refractivity (Wildman–Crippen MR) is 168 cm³/mol. The first-order valence-corrected chi connectivity index (χ1v) is 15.1. The van der Waals surface area contributed by atoms with Crippen LogP contribution in [-0.2, 0) is 11.8 Å². The third kappa shape index (κ3) is 5.58. The van der Waals surface area contributed by atoms with Crippen LogP contribution in [0.2, 0.25) is 0 Å². The number of nitrogen functional groups attached to an aromatic ring is 1. The number of methoxy groups -OCH3 is 1. The Kier molecular flexibility index (Phi) is 7.59. The first kappa shape index (κ1) is 28.8. The summed E-state index contributed by atoms with van der Waals surface area (Å²) in [5.74, 6) is 9.77. The molecular weight excluding hydrogens is 573 g/mol. The highest BCUT2D eigenvalue weighted by Crippen LogP contribution is 2.51. The Bertz CT molecular complexity index is 1840. The molecule has 2 N–H and O–H groups in total. The van der Waals surface area contributed by atoms with Gasteiger partial charge in [-0.3, -0.25) is 9.69 Å². The predicted octanol–water partition coefficient (Wildman–Crippen LogP) is 4.07. The summed E-state index contributed by atoms with van der Waals surface area (Å²) in [6.07, 6.45) is 6.42. The van der Waals surface area contributed by atoms with Crippen LogP contribution in [0.5, 0.6) is 17.4 Å². The van der Waals surface area contributed by atoms with Gasteiger partial charge in [0.1, 0.15) is 29.7 Å². The molecule has 0 radical (unpaired) electrons. The number of likely N-dealkylation sites (tertiary alicyclic amines) is 2. The summed E-state index contributed by atoms with van der Waals surface area (Å²) in [4.78, 5) is 29.7. The van der Waals surface area contributed by atoms with Crippen molar-refractivity contribution in [3.05, 3.63) is 66.8 Å². The zero-order chi connectivity index (χ0) is 31.1. The van der Waals surface area contributed by atoms with Gasteiger partial charge >= 0.3 is 0 Å². The van der Waals surface area contributed by atoms with Crippen molar-refractivity contribution < 1.29 is 18.7 Å². The molecule has 5 heterocycles. The number of hydrogen-bond acceptors (Lipinski definition) is 8. The summed E-state index contributed by atoms with van der Waals surface area (Å²) in [6, 6.07) is 11.1. The van der Waals surface area contributed by atoms with Crippen LogP contribution in [0.25, 0.3) is 22.2 Å². The minimum Gasteiger partial charge on any atom is -0.493 e. The minimum atomic E-state index is -0.756. The van der Waals surface area contributed by atoms with E-state index in [1.165, 1.54) is 6.33 Å². The van der Waals surface area contributed by atoms with Crippen LogP contribution in [0.4, 0.5) is 10.2 Å². The number of carbonyl (C=O) groups excluding carboxylic acids is 1. The molecule has 1 aromatic carbocycles. The highest BCUT2D eigenvalue weighted by Gasteiger charge is 2.55. The standard InChI is InChI=1S/C34H34FN7O3/c1-40-26(10-9-23-24-18-42(19-25(23)24)30(43)7-5-14-41-15-12-22(35)17-41)31(32-33(36)38-20-39-34(32)40)21-8-11-27(28(16-21)44-2)45-29-6-3-4-13-37-29/h3-8,11,13,16,20,22-25H,12,14-15,17-19H2,1-2H3,(H2,36,38,39)/b7-5+/t22?,23?,24-,25+. The number of amides is 1. The van der Waals surface area contributed by atoms with Crippen LogP contribution >= 0.6 is 0 Å². The number of ether oxygens (including phenoxy) is 2. The first-order valence-electron chi connectivity index (χ1n) is 15.1. The van der Waals surface area contributed by atoms with E-state index in [0.717, 1.165) is 28.8 Å². The quantitative estimate of drug-likeness (QED) is 0.247. The summed E-state index contributed by atoms with van der Waals surface area (Å²) in [5.41, 5.74) is 9.53. The number of nitrogens with zero attached hydrogens (tertiary/aromatic N) is 6. The summed E-state index contributed by atoms with van der Waals surface area (Å²) in [7, 11) is 3.52. The maximum Gasteiger partial charge on any atom is 0.246 e. The average Bonchev–Trinajstić information content (AvgIpc) is 3.37. The second-order valence-electron chi connectivity index (χ2n) is 11.8. The van der Waals surface area contributed by atoms with Crippen LogP contribution in [0.3, 0.4) is 0 Å². The molecule has 10 nitrogen and oxygen atoms in total. The van der Waals surface area contributed by atoms with Gasteiger partial charge in [-0.1, -0.05) is 24.1 Å². The van der Waals surface area contributed by atoms with Gasteiger partial charge in [-0.05, 0) is 47.9 Å². The van der Waals surface area contributed by atoms with E-state index in [1.54, 1.807) is 25.4 Å². The molecule has 1 amide bonds. The third-order valence-electron chi connectivity index (χ3n) is 9.00. The maximum atomic E-state index is 13.4. The van der Waals surface area contributed by atoms with Gasteiger partial charge in [-0.15, -0.1) is 0 Å². The Morgan fingerprint density at radius 2 is 1.98 bits per heavy atom. The summed E-state index contributed by atoms with van der Waals surface area (Å²) in [5, 5.41) is 0.722. The highest BCUT2D eigenvalue weighted by molar-refractivity contribution is 6.03. The van der Waals surface area contributed by atoms with Gasteiger partial charge < -0.3 is 24.7 Å². The lowest BCUT2D eigenvalue weighted by atomic mass is 10.0. The number of hydrogen-bond donors (Lipinski definition) is 1. The Balaban J connectivity index is 1.11. The molecule has 0 bridgehead atoms. The molecule has 3 aromatic heterocycles. The summed E-state index contributed by atoms with van der Waals surface area (Å²) in [6.45, 7) is 3.18. The zero-order valence-corrected chi connectivity index (χ0v) is 25.2. The number of benzene rings is 1. The van der Waals surface area contributed by atoms with Gasteiger partial charge in [-0.2, -0.15) is 0 Å². The van der Waals surface area contributed by atoms with E-state index >= 15 is 0 Å². The van der Waals surface area contributed by atoms with Gasteiger partial charge in [0.2, 0.25) is 11.8 Å². The second kappa shape index (κ2) is 11.9. The number of nitrogens with two attached hydrogens (primary N) is 1. The number of rotatable bonds is 7. The molecule has 7 rings (SSSR count). The molecule has 4 aromatic rings. The summed E-state index contributed by atoms with van der Waals surface area (Å²) >= 11 is 0. The molecular formula is C34H34FN7O3. The van der Waals surface area contributed by atoms with E-state index in [2.05, 4.69) is 26.8 Å². The molecule has 3 fully saturated rings. The first-order chi connectivity index (χ1) is 21.9. The number of pyridine rings is 1. The van der Waals surface area contributed by atoms with E-state index in [0.29, 0.717) is 73.3 Å². The fraction of sp³-hybridized carbons (Fsp3) is 0.353. The van der Waals surface area contributed by atoms with Gasteiger partial charge in [-0.25, -0.2) is 19.3 Å². The lowest BCUT2D eigenvalue weighted by Gasteiger charge is -2.17. The number of aromatic nitrogens is 4. The smallest absolute Gasteiger partial charge is 0.246 e. The topological polar surface area (TPSA) is 112 Å². The number of halogens is 1. The van der Waals surface area contributed by atoms with Crippen LogP contribution in [0.15, 0.2) is 61.1 Å². The lowest BCUT2D eigenvalue weighted by Crippen LogP contribution is -2.30. The lowest BCUT2D eigenvalue weighted by molar-refractivity contribution is -0.125. The Hall–Kier alpha value is -4.95. The van der Waals surface area contributed by atoms with Gasteiger partial charge in [0.15, 0.2) is 11.5 Å². The number of alkyl halides is 1. The average molecular weight is 608 g/mol. The fourth-order valence-electron chi connectivity index (χ4n) is 6.56. The number of aryl methyl sites for hydroxylation is 1. The van der Waals surface area contributed by atoms with Crippen LogP contribution in [0.1, 0.15) is 12.1 Å². The van der Waals surface area contributed by atoms with Crippen molar-refractivity contribution in [3.8, 4) is 40.3 Å². The Morgan fingerprint density at radius 1 is 1.13 bits per heavy atom. The van der Waals surface area contributed by atoms with Crippen molar-refractivity contribution in [2.75, 3.05) is 45.6 Å². The van der Waals surface area contributed by atoms with Crippen molar-refractivity contribution in [1.29, 1.82) is 0 Å². The van der Waals surface area contributed by atoms with Crippen LogP contribution in [0, 0.1) is 29.6 Å². The molecule has 2 aliphatic heterocycles. The van der Waals surface area contributed by atoms with Crippen LogP contribution in [-0.4, -0.2) is 81.2 Å². The van der Waals surface area contributed by atoms with E-state index in [-0.39, 0.29) is 11.8 Å². The van der Waals surface area contributed by atoms with Crippen LogP contribution < -0.4 is 15.2 Å². The highest BCUT2D eigenvalue weighted by atomic mass is 19.1. The van der Waals surface area contributed by atoms with E-state index < -0.39 is 6.17 Å². The third-order valence-corrected chi connectivity index (χ3v) is 9.00. The molecule has 1 aliphatic carbocycles. The largest absolute Gasteiger partial charge is 0.493 e. The van der Waals surface area contributed by atoms with Gasteiger partial charge in [0, 0.05) is 69.6 Å². The number of carbonyl (C=O) groups is 1. The molecule has 11 heteroatoms. The van der Waals surface area contributed by atoms with Gasteiger partial charge in [0.25, 0.3) is 0 Å². The molecule has 230 valence electrons. The molecule has 4 atom stereocenters. The molecule has 3 aliphatic rings. The number of fused-ring (bicyclic) bond motifs is 2. The van der Waals surface area contributed by atoms with Crippen molar-refractivity contribution in [1.82, 2.24) is 29.3 Å². The minimum absolute atomic E-state index is 0.0133. The summed E-state index contributed by atoms with van der Waals surface area (Å²) < 4.78 is 27.0.